The number of aromatic nitrogens is 7. The van der Waals surface area contributed by atoms with E-state index >= 15 is 0 Å². The molecule has 0 spiro atoms. The Labute approximate surface area is 181 Å². The molecule has 1 atom stereocenters. The minimum Gasteiger partial charge on any atom is -0.446 e. The van der Waals surface area contributed by atoms with Crippen molar-refractivity contribution in [3.8, 4) is 22.5 Å². The van der Waals surface area contributed by atoms with Gasteiger partial charge in [0.2, 0.25) is 0 Å². The van der Waals surface area contributed by atoms with Gasteiger partial charge in [0.1, 0.15) is 24.8 Å². The van der Waals surface area contributed by atoms with Gasteiger partial charge in [-0.05, 0) is 23.8 Å². The first kappa shape index (κ1) is 18.2. The first-order valence-corrected chi connectivity index (χ1v) is 9.96. The van der Waals surface area contributed by atoms with Crippen LogP contribution >= 0.6 is 0 Å². The number of rotatable bonds is 4. The fraction of sp³-hybridized carbons (Fsp3) is 0.0909. The molecule has 4 aromatic heterocycles. The first-order chi connectivity index (χ1) is 15.8. The molecule has 156 valence electrons. The number of carbonyl (C=O) groups excluding carboxylic acids is 1. The Morgan fingerprint density at radius 1 is 1.03 bits per heavy atom. The van der Waals surface area contributed by atoms with Gasteiger partial charge < -0.3 is 4.74 Å². The number of amides is 1. The second kappa shape index (κ2) is 7.27. The van der Waals surface area contributed by atoms with Crippen LogP contribution in [-0.4, -0.2) is 47.5 Å². The lowest BCUT2D eigenvalue weighted by atomic mass is 10.1. The molecule has 1 fully saturated rings. The van der Waals surface area contributed by atoms with Gasteiger partial charge in [-0.2, -0.15) is 10.2 Å². The summed E-state index contributed by atoms with van der Waals surface area (Å²) in [7, 11) is 0. The number of hydrogen-bond acceptors (Lipinski definition) is 7. The molecule has 0 radical (unpaired) electrons. The van der Waals surface area contributed by atoms with Crippen molar-refractivity contribution in [3.05, 3.63) is 79.1 Å². The van der Waals surface area contributed by atoms with Gasteiger partial charge in [0, 0.05) is 23.5 Å². The quantitative estimate of drug-likeness (QED) is 0.471. The van der Waals surface area contributed by atoms with Gasteiger partial charge in [0.05, 0.1) is 11.9 Å². The van der Waals surface area contributed by atoms with Gasteiger partial charge in [-0.25, -0.2) is 24.2 Å². The number of pyridine rings is 1. The minimum absolute atomic E-state index is 0.220. The molecule has 1 saturated heterocycles. The lowest BCUT2D eigenvalue weighted by Gasteiger charge is -2.20. The Kier molecular flexibility index (Phi) is 4.13. The Bertz CT molecular complexity index is 1400. The number of hydrogen-bond donors (Lipinski definition) is 1. The van der Waals surface area contributed by atoms with E-state index in [0.29, 0.717) is 17.3 Å². The lowest BCUT2D eigenvalue weighted by Crippen LogP contribution is -2.28. The molecule has 6 rings (SSSR count). The van der Waals surface area contributed by atoms with Crippen molar-refractivity contribution in [1.82, 2.24) is 34.8 Å². The molecule has 32 heavy (non-hydrogen) atoms. The third-order valence-electron chi connectivity index (χ3n) is 5.37. The fourth-order valence-corrected chi connectivity index (χ4v) is 3.81. The Balaban J connectivity index is 1.39. The van der Waals surface area contributed by atoms with Crippen molar-refractivity contribution >= 4 is 17.6 Å². The summed E-state index contributed by atoms with van der Waals surface area (Å²) in [6, 6.07) is 14.8. The minimum atomic E-state index is -0.450. The molecule has 0 aliphatic carbocycles. The van der Waals surface area contributed by atoms with Crippen LogP contribution in [0.4, 0.5) is 10.6 Å². The van der Waals surface area contributed by atoms with Crippen LogP contribution in [0.15, 0.2) is 73.4 Å². The predicted molar refractivity (Wildman–Crippen MR) is 115 cm³/mol. The van der Waals surface area contributed by atoms with Crippen LogP contribution in [0.25, 0.3) is 28.2 Å². The Morgan fingerprint density at radius 3 is 2.69 bits per heavy atom. The zero-order chi connectivity index (χ0) is 21.5. The molecular formula is C22H16N8O2. The maximum atomic E-state index is 12.5. The molecule has 10 heteroatoms. The summed E-state index contributed by atoms with van der Waals surface area (Å²) >= 11 is 0. The third-order valence-corrected chi connectivity index (χ3v) is 5.37. The van der Waals surface area contributed by atoms with Crippen molar-refractivity contribution in [1.29, 1.82) is 0 Å². The van der Waals surface area contributed by atoms with E-state index < -0.39 is 6.09 Å². The van der Waals surface area contributed by atoms with Crippen molar-refractivity contribution in [2.75, 3.05) is 11.5 Å². The smallest absolute Gasteiger partial charge is 0.416 e. The molecule has 5 aromatic rings. The van der Waals surface area contributed by atoms with Crippen LogP contribution in [0.1, 0.15) is 11.7 Å². The van der Waals surface area contributed by atoms with Crippen LogP contribution in [0, 0.1) is 0 Å². The van der Waals surface area contributed by atoms with Gasteiger partial charge in [-0.15, -0.1) is 0 Å². The van der Waals surface area contributed by atoms with Crippen LogP contribution in [-0.2, 0) is 4.74 Å². The third kappa shape index (κ3) is 2.97. The van der Waals surface area contributed by atoms with E-state index in [1.807, 2.05) is 42.5 Å². The number of anilines is 1. The summed E-state index contributed by atoms with van der Waals surface area (Å²) in [5.41, 5.74) is 4.06. The molecule has 0 bridgehead atoms. The highest BCUT2D eigenvalue weighted by atomic mass is 16.6. The molecule has 1 aliphatic heterocycles. The number of aromatic amines is 1. The largest absolute Gasteiger partial charge is 0.446 e. The van der Waals surface area contributed by atoms with E-state index in [1.165, 1.54) is 4.90 Å². The fourth-order valence-electron chi connectivity index (χ4n) is 3.81. The topological polar surface area (TPSA) is 114 Å². The van der Waals surface area contributed by atoms with E-state index in [9.17, 15) is 4.79 Å². The Morgan fingerprint density at radius 2 is 1.91 bits per heavy atom. The second-order valence-corrected chi connectivity index (χ2v) is 7.23. The van der Waals surface area contributed by atoms with Gasteiger partial charge in [0.15, 0.2) is 11.5 Å². The molecule has 10 nitrogen and oxygen atoms in total. The van der Waals surface area contributed by atoms with Gasteiger partial charge in [-0.1, -0.05) is 30.3 Å². The normalized spacial score (nSPS) is 15.9. The maximum Gasteiger partial charge on any atom is 0.416 e. The highest BCUT2D eigenvalue weighted by Crippen LogP contribution is 2.32. The average Bonchev–Trinajstić information content (AvgIpc) is 3.59. The molecular weight excluding hydrogens is 408 g/mol. The summed E-state index contributed by atoms with van der Waals surface area (Å²) in [5, 5.41) is 11.2. The summed E-state index contributed by atoms with van der Waals surface area (Å²) in [6.45, 7) is 0.220. The molecule has 0 unspecified atom stereocenters. The number of nitrogens with one attached hydrogen (secondary N) is 1. The molecule has 5 heterocycles. The van der Waals surface area contributed by atoms with Crippen molar-refractivity contribution in [2.24, 2.45) is 0 Å². The van der Waals surface area contributed by atoms with Crippen molar-refractivity contribution in [2.45, 2.75) is 6.04 Å². The van der Waals surface area contributed by atoms with Gasteiger partial charge >= 0.3 is 6.09 Å². The van der Waals surface area contributed by atoms with E-state index in [1.54, 1.807) is 35.5 Å². The van der Waals surface area contributed by atoms with E-state index in [0.717, 1.165) is 22.4 Å². The second-order valence-electron chi connectivity index (χ2n) is 7.23. The maximum absolute atomic E-state index is 12.5. The zero-order valence-electron chi connectivity index (χ0n) is 16.7. The zero-order valence-corrected chi connectivity index (χ0v) is 16.7. The Hall–Kier alpha value is -4.60. The van der Waals surface area contributed by atoms with Crippen LogP contribution in [0.5, 0.6) is 0 Å². The highest BCUT2D eigenvalue weighted by Gasteiger charge is 2.37. The molecule has 1 amide bonds. The van der Waals surface area contributed by atoms with Crippen LogP contribution in [0.3, 0.4) is 0 Å². The number of cyclic esters (lactones) is 1. The first-order valence-electron chi connectivity index (χ1n) is 9.96. The number of benzene rings is 1. The molecule has 1 aromatic carbocycles. The highest BCUT2D eigenvalue weighted by molar-refractivity contribution is 5.90. The van der Waals surface area contributed by atoms with E-state index in [2.05, 4.69) is 25.3 Å². The number of H-pyrrole nitrogens is 1. The predicted octanol–water partition coefficient (Wildman–Crippen LogP) is 3.27. The number of ether oxygens (including phenoxy) is 1. The molecule has 1 aliphatic rings. The summed E-state index contributed by atoms with van der Waals surface area (Å²) < 4.78 is 6.99. The number of fused-ring (bicyclic) bond motifs is 1. The van der Waals surface area contributed by atoms with E-state index in [4.69, 9.17) is 9.72 Å². The van der Waals surface area contributed by atoms with Gasteiger partial charge in [-0.3, -0.25) is 10.1 Å². The summed E-state index contributed by atoms with van der Waals surface area (Å²) in [6.07, 6.45) is 6.33. The van der Waals surface area contributed by atoms with Crippen molar-refractivity contribution < 1.29 is 9.53 Å². The van der Waals surface area contributed by atoms with Gasteiger partial charge in [0.25, 0.3) is 0 Å². The summed E-state index contributed by atoms with van der Waals surface area (Å²) in [5.74, 6) is 1.11. The van der Waals surface area contributed by atoms with Crippen LogP contribution in [0.2, 0.25) is 0 Å². The lowest BCUT2D eigenvalue weighted by molar-refractivity contribution is 0.178. The monoisotopic (exact) mass is 424 g/mol. The number of nitrogens with zero attached hydrogens (tertiary/aromatic N) is 7. The summed E-state index contributed by atoms with van der Waals surface area (Å²) in [4.78, 5) is 27.4. The van der Waals surface area contributed by atoms with Crippen molar-refractivity contribution in [3.63, 3.8) is 0 Å². The molecule has 0 saturated carbocycles. The SMILES string of the molecule is O=C1OC[C@@H](c2ccccn2)N1c1ccn2ncc(-c3ccc(-c4nc[nH]n4)cc3)c2n1. The average molecular weight is 424 g/mol. The molecule has 1 N–H and O–H groups in total. The van der Waals surface area contributed by atoms with E-state index in [-0.39, 0.29) is 12.6 Å². The number of carbonyl (C=O) groups is 1. The van der Waals surface area contributed by atoms with Crippen LogP contribution < -0.4 is 4.90 Å². The standard InChI is InChI=1S/C22H16N8O2/c31-22-30(18(12-32-22)17-3-1-2-9-23-17)19-8-10-29-21(27-19)16(11-26-29)14-4-6-15(7-5-14)20-24-13-25-28-20/h1-11,13,18H,12H2,(H,24,25,28)/t18-/m0/s1.